The molecule has 0 spiro atoms. The van der Waals surface area contributed by atoms with E-state index in [0.29, 0.717) is 5.31 Å². The Kier molecular flexibility index (Phi) is 1.42. The predicted octanol–water partition coefficient (Wildman–Crippen LogP) is 2.01. The third-order valence-corrected chi connectivity index (χ3v) is 1.35. The minimum absolute atomic E-state index is 0.464. The maximum atomic E-state index is 7.99. The Balaban J connectivity index is 3.33. The van der Waals surface area contributed by atoms with Gasteiger partial charge in [-0.1, -0.05) is 15.9 Å². The summed E-state index contributed by atoms with van der Waals surface area (Å²) in [5.41, 5.74) is 0. The van der Waals surface area contributed by atoms with E-state index in [1.54, 1.807) is 13.8 Å². The van der Waals surface area contributed by atoms with Crippen molar-refractivity contribution in [3.63, 3.8) is 0 Å². The van der Waals surface area contributed by atoms with Crippen LogP contribution in [0, 0.1) is 0 Å². The van der Waals surface area contributed by atoms with Crippen LogP contribution in [0.4, 0.5) is 0 Å². The molecule has 1 rings (SSSR count). The molecule has 1 heterocycles. The summed E-state index contributed by atoms with van der Waals surface area (Å²) in [6, 6.07) is -0.492. The van der Waals surface area contributed by atoms with Crippen molar-refractivity contribution in [1.29, 1.82) is 0 Å². The first-order valence-electron chi connectivity index (χ1n) is 6.25. The summed E-state index contributed by atoms with van der Waals surface area (Å²) in [6.07, 6.45) is -4.47. The van der Waals surface area contributed by atoms with Gasteiger partial charge < -0.3 is 10.0 Å². The van der Waals surface area contributed by atoms with E-state index in [9.17, 15) is 0 Å². The van der Waals surface area contributed by atoms with E-state index < -0.39 is 29.5 Å². The standard InChI is InChI=1S/C8H14BrNO/c1-6(2)11-7-3-4-10-8(9)5-7/h3-4,6-8,10H,5H2,1-2H3/i3D,5D2,7D,8D/hD. The average Bonchev–Trinajstić information content (AvgIpc) is 2.13. The zero-order valence-electron chi connectivity index (χ0n) is 12.4. The van der Waals surface area contributed by atoms with Crippen molar-refractivity contribution in [2.24, 2.45) is 0 Å². The van der Waals surface area contributed by atoms with Gasteiger partial charge in [0, 0.05) is 9.11 Å². The second-order valence-corrected chi connectivity index (χ2v) is 3.07. The van der Waals surface area contributed by atoms with Gasteiger partial charge in [-0.2, -0.15) is 0 Å². The Morgan fingerprint density at radius 3 is 3.45 bits per heavy atom. The molecular weight excluding hydrogens is 206 g/mol. The molecule has 1 aliphatic rings. The molecule has 64 valence electrons. The fourth-order valence-electron chi connectivity index (χ4n) is 0.609. The molecule has 0 aliphatic carbocycles. The van der Waals surface area contributed by atoms with Crippen LogP contribution in [-0.2, 0) is 4.74 Å². The van der Waals surface area contributed by atoms with E-state index in [0.717, 1.165) is 6.20 Å². The maximum absolute atomic E-state index is 7.99. The molecule has 0 aromatic rings. The number of rotatable bonds is 2. The smallest absolute Gasteiger partial charge is 0.161 e. The van der Waals surface area contributed by atoms with Crippen molar-refractivity contribution in [2.45, 2.75) is 37.3 Å². The van der Waals surface area contributed by atoms with Gasteiger partial charge in [0.1, 0.15) is 0 Å². The topological polar surface area (TPSA) is 21.3 Å². The lowest BCUT2D eigenvalue weighted by Crippen LogP contribution is -2.30. The molecule has 11 heavy (non-hydrogen) atoms. The lowest BCUT2D eigenvalue weighted by atomic mass is 10.2. The van der Waals surface area contributed by atoms with Crippen LogP contribution in [0.15, 0.2) is 12.3 Å². The van der Waals surface area contributed by atoms with Crippen molar-refractivity contribution in [3.8, 4) is 0 Å². The van der Waals surface area contributed by atoms with Gasteiger partial charge in [0.15, 0.2) is 1.41 Å². The summed E-state index contributed by atoms with van der Waals surface area (Å²) in [7, 11) is 0. The third kappa shape index (κ3) is 3.25. The van der Waals surface area contributed by atoms with Crippen molar-refractivity contribution in [2.75, 3.05) is 0 Å². The van der Waals surface area contributed by atoms with Crippen LogP contribution in [0.3, 0.4) is 0 Å². The number of halogens is 1. The molecule has 0 amide bonds. The highest BCUT2D eigenvalue weighted by molar-refractivity contribution is 9.09. The highest BCUT2D eigenvalue weighted by Crippen LogP contribution is 2.14. The molecule has 3 heteroatoms. The average molecular weight is 226 g/mol. The summed E-state index contributed by atoms with van der Waals surface area (Å²) in [5.74, 6) is 0. The summed E-state index contributed by atoms with van der Waals surface area (Å²) in [5, 5.41) is 0.464. The Bertz CT molecular complexity index is 347. The number of hydrogen-bond acceptors (Lipinski definition) is 2. The van der Waals surface area contributed by atoms with Crippen molar-refractivity contribution in [1.82, 2.24) is 5.31 Å². The molecule has 1 aliphatic heterocycles. The second kappa shape index (κ2) is 4.12. The van der Waals surface area contributed by atoms with Gasteiger partial charge in [-0.25, -0.2) is 0 Å². The molecule has 0 saturated carbocycles. The summed E-state index contributed by atoms with van der Waals surface area (Å²) in [6.45, 7) is 3.24. The quantitative estimate of drug-likeness (QED) is 0.574. The number of hydrogen-bond donors (Lipinski definition) is 1. The first kappa shape index (κ1) is 3.79. The SMILES string of the molecule is [2H]C1=CN([2H])C([2H])(Br)C([2H])([2H])C1([2H])OC(C)C. The van der Waals surface area contributed by atoms with Crippen LogP contribution in [-0.4, -0.2) is 17.1 Å². The molecule has 2 nitrogen and oxygen atoms in total. The van der Waals surface area contributed by atoms with Crippen molar-refractivity contribution in [3.05, 3.63) is 12.3 Å². The molecule has 1 N–H and O–H groups in total. The minimum atomic E-state index is -2.59. The van der Waals surface area contributed by atoms with E-state index in [4.69, 9.17) is 13.0 Å². The van der Waals surface area contributed by atoms with Crippen LogP contribution in [0.25, 0.3) is 0 Å². The van der Waals surface area contributed by atoms with E-state index >= 15 is 0 Å². The molecule has 0 aromatic carbocycles. The van der Waals surface area contributed by atoms with Crippen LogP contribution in [0.1, 0.15) is 27.1 Å². The Morgan fingerprint density at radius 2 is 2.82 bits per heavy atom. The highest BCUT2D eigenvalue weighted by atomic mass is 79.9. The van der Waals surface area contributed by atoms with E-state index in [2.05, 4.69) is 15.9 Å². The van der Waals surface area contributed by atoms with Gasteiger partial charge in [0.25, 0.3) is 0 Å². The van der Waals surface area contributed by atoms with Gasteiger partial charge in [0.2, 0.25) is 0 Å². The maximum Gasteiger partial charge on any atom is 0.161 e. The largest absolute Gasteiger partial charge is 0.379 e. The first-order valence-corrected chi connectivity index (χ1v) is 4.10. The van der Waals surface area contributed by atoms with Gasteiger partial charge >= 0.3 is 0 Å². The molecule has 0 bridgehead atoms. The minimum Gasteiger partial charge on any atom is -0.379 e. The molecular formula is C8H14BrNO. The Morgan fingerprint density at radius 1 is 2.09 bits per heavy atom. The van der Waals surface area contributed by atoms with Crippen LogP contribution >= 0.6 is 15.9 Å². The number of nitrogens with one attached hydrogen (secondary N) is 1. The van der Waals surface area contributed by atoms with Crippen molar-refractivity contribution >= 4 is 15.9 Å². The second-order valence-electron chi connectivity index (χ2n) is 2.31. The zero-order chi connectivity index (χ0) is 13.6. The summed E-state index contributed by atoms with van der Waals surface area (Å²) >= 11 is 2.77. The normalized spacial score (nSPS) is 58.2. The van der Waals surface area contributed by atoms with Crippen LogP contribution < -0.4 is 5.31 Å². The van der Waals surface area contributed by atoms with Crippen LogP contribution in [0.2, 0.25) is 1.41 Å². The van der Waals surface area contributed by atoms with Gasteiger partial charge in [0.05, 0.1) is 21.2 Å². The Labute approximate surface area is 84.6 Å². The number of ether oxygens (including phenoxy) is 1. The van der Waals surface area contributed by atoms with Gasteiger partial charge in [-0.05, 0) is 26.1 Å². The summed E-state index contributed by atoms with van der Waals surface area (Å²) in [4.78, 5) is -2.18. The molecule has 0 aromatic heterocycles. The Hall–Kier alpha value is -0.0200. The molecule has 0 fully saturated rings. The summed E-state index contributed by atoms with van der Waals surface area (Å²) < 4.78 is 51.7. The first-order chi connectivity index (χ1) is 7.47. The van der Waals surface area contributed by atoms with E-state index in [1.807, 2.05) is 0 Å². The molecule has 0 radical (unpaired) electrons. The van der Waals surface area contributed by atoms with Crippen LogP contribution in [0.5, 0.6) is 0 Å². The third-order valence-electron chi connectivity index (χ3n) is 0.944. The molecule has 0 saturated heterocycles. The van der Waals surface area contributed by atoms with Crippen molar-refractivity contribution < 1.29 is 13.0 Å². The fourth-order valence-corrected chi connectivity index (χ4v) is 0.891. The lowest BCUT2D eigenvalue weighted by molar-refractivity contribution is 0.0278. The monoisotopic (exact) mass is 225 g/mol. The fraction of sp³-hybridized carbons (Fsp3) is 0.750. The van der Waals surface area contributed by atoms with Gasteiger partial charge in [-0.15, -0.1) is 0 Å². The number of alkyl halides is 1. The van der Waals surface area contributed by atoms with Gasteiger partial charge in [-0.3, -0.25) is 0 Å². The van der Waals surface area contributed by atoms with E-state index in [1.165, 1.54) is 0 Å². The highest BCUT2D eigenvalue weighted by Gasteiger charge is 2.15. The zero-order valence-corrected chi connectivity index (χ0v) is 7.97. The van der Waals surface area contributed by atoms with E-state index in [-0.39, 0.29) is 0 Å². The molecule has 2 unspecified atom stereocenters. The molecule has 2 atom stereocenters. The predicted molar refractivity (Wildman–Crippen MR) is 49.6 cm³/mol. The lowest BCUT2D eigenvalue weighted by Gasteiger charge is -2.24.